The van der Waals surface area contributed by atoms with Gasteiger partial charge in [-0.2, -0.15) is 0 Å². The van der Waals surface area contributed by atoms with Crippen LogP contribution in [-0.4, -0.2) is 24.8 Å². The van der Waals surface area contributed by atoms with E-state index in [1.165, 1.54) is 24.5 Å². The summed E-state index contributed by atoms with van der Waals surface area (Å²) >= 11 is 1.40. The molecule has 1 heterocycles. The lowest BCUT2D eigenvalue weighted by atomic mass is 10.2. The number of ether oxygens (including phenoxy) is 2. The van der Waals surface area contributed by atoms with Crippen molar-refractivity contribution < 1.29 is 19.1 Å². The second-order valence-corrected chi connectivity index (χ2v) is 5.63. The van der Waals surface area contributed by atoms with E-state index in [1.54, 1.807) is 32.9 Å². The maximum absolute atomic E-state index is 11.6. The van der Waals surface area contributed by atoms with Crippen molar-refractivity contribution in [3.05, 3.63) is 22.4 Å². The van der Waals surface area contributed by atoms with Crippen LogP contribution in [-0.2, 0) is 14.3 Å². The molecule has 1 N–H and O–H groups in total. The van der Waals surface area contributed by atoms with E-state index in [2.05, 4.69) is 10.1 Å². The normalized spacial score (nSPS) is 11.4. The first-order valence-corrected chi connectivity index (χ1v) is 6.53. The first kappa shape index (κ1) is 15.2. The van der Waals surface area contributed by atoms with Gasteiger partial charge in [0, 0.05) is 6.08 Å². The minimum atomic E-state index is -0.553. The lowest BCUT2D eigenvalue weighted by Crippen LogP contribution is -2.27. The van der Waals surface area contributed by atoms with Crippen LogP contribution in [0.2, 0.25) is 0 Å². The van der Waals surface area contributed by atoms with Crippen molar-refractivity contribution in [1.82, 2.24) is 0 Å². The number of nitrogens with one attached hydrogen (secondary N) is 1. The zero-order valence-electron chi connectivity index (χ0n) is 11.4. The number of amides is 1. The Kier molecular flexibility index (Phi) is 5.11. The van der Waals surface area contributed by atoms with Crippen molar-refractivity contribution in [3.63, 3.8) is 0 Å². The minimum absolute atomic E-state index is 0.448. The molecule has 0 aliphatic carbocycles. The summed E-state index contributed by atoms with van der Waals surface area (Å²) in [7, 11) is 1.31. The van der Waals surface area contributed by atoms with E-state index >= 15 is 0 Å². The summed E-state index contributed by atoms with van der Waals surface area (Å²) in [4.78, 5) is 23.4. The van der Waals surface area contributed by atoms with Crippen LogP contribution < -0.4 is 5.32 Å². The topological polar surface area (TPSA) is 64.6 Å². The number of thiophene rings is 1. The second kappa shape index (κ2) is 6.38. The number of carbonyl (C=O) groups is 2. The lowest BCUT2D eigenvalue weighted by Gasteiger charge is -2.19. The molecule has 104 valence electrons. The maximum Gasteiger partial charge on any atom is 0.412 e. The molecule has 5 nitrogen and oxygen atoms in total. The number of hydrogen-bond donors (Lipinski definition) is 1. The maximum atomic E-state index is 11.6. The summed E-state index contributed by atoms with van der Waals surface area (Å²) in [6.07, 6.45) is 2.36. The van der Waals surface area contributed by atoms with Crippen molar-refractivity contribution in [2.45, 2.75) is 26.4 Å². The van der Waals surface area contributed by atoms with Crippen molar-refractivity contribution in [2.24, 2.45) is 0 Å². The minimum Gasteiger partial charge on any atom is -0.466 e. The van der Waals surface area contributed by atoms with E-state index < -0.39 is 17.7 Å². The van der Waals surface area contributed by atoms with Crippen LogP contribution in [0.5, 0.6) is 0 Å². The Morgan fingerprint density at radius 1 is 1.37 bits per heavy atom. The van der Waals surface area contributed by atoms with E-state index in [1.807, 2.05) is 5.38 Å². The zero-order chi connectivity index (χ0) is 14.5. The van der Waals surface area contributed by atoms with Gasteiger partial charge in [0.25, 0.3) is 0 Å². The molecule has 6 heteroatoms. The van der Waals surface area contributed by atoms with E-state index in [9.17, 15) is 9.59 Å². The monoisotopic (exact) mass is 283 g/mol. The smallest absolute Gasteiger partial charge is 0.412 e. The number of esters is 1. The number of anilines is 1. The third kappa shape index (κ3) is 5.56. The second-order valence-electron chi connectivity index (χ2n) is 4.68. The van der Waals surface area contributed by atoms with Gasteiger partial charge in [-0.05, 0) is 38.3 Å². The van der Waals surface area contributed by atoms with Crippen LogP contribution >= 0.6 is 11.3 Å². The molecule has 0 unspecified atom stereocenters. The number of methoxy groups -OCH3 is 1. The summed E-state index contributed by atoms with van der Waals surface area (Å²) in [6, 6.07) is 1.74. The van der Waals surface area contributed by atoms with Crippen LogP contribution in [0.25, 0.3) is 6.08 Å². The molecule has 0 aliphatic rings. The highest BCUT2D eigenvalue weighted by Crippen LogP contribution is 2.24. The van der Waals surface area contributed by atoms with Gasteiger partial charge in [-0.3, -0.25) is 5.32 Å². The predicted octanol–water partition coefficient (Wildman–Crippen LogP) is 3.28. The third-order valence-corrected chi connectivity index (χ3v) is 2.78. The number of rotatable bonds is 3. The van der Waals surface area contributed by atoms with Crippen LogP contribution in [0.1, 0.15) is 25.6 Å². The van der Waals surface area contributed by atoms with Gasteiger partial charge < -0.3 is 9.47 Å². The Labute approximate surface area is 116 Å². The van der Waals surface area contributed by atoms with Crippen LogP contribution in [0, 0.1) is 0 Å². The van der Waals surface area contributed by atoms with Gasteiger partial charge in [-0.1, -0.05) is 0 Å². The molecule has 1 aromatic heterocycles. The summed E-state index contributed by atoms with van der Waals surface area (Å²) in [5, 5.41) is 4.44. The Bertz CT molecular complexity index is 485. The SMILES string of the molecule is COC(=O)/C=C/c1sccc1NC(=O)OC(C)(C)C. The number of hydrogen-bond acceptors (Lipinski definition) is 5. The van der Waals surface area contributed by atoms with E-state index in [4.69, 9.17) is 4.74 Å². The Morgan fingerprint density at radius 3 is 2.63 bits per heavy atom. The highest BCUT2D eigenvalue weighted by atomic mass is 32.1. The molecule has 0 bridgehead atoms. The Balaban J connectivity index is 2.70. The van der Waals surface area contributed by atoms with Crippen molar-refractivity contribution in [3.8, 4) is 0 Å². The van der Waals surface area contributed by atoms with Gasteiger partial charge in [0.15, 0.2) is 0 Å². The molecule has 0 fully saturated rings. The molecule has 1 rings (SSSR count). The van der Waals surface area contributed by atoms with E-state index in [0.717, 1.165) is 4.88 Å². The lowest BCUT2D eigenvalue weighted by molar-refractivity contribution is -0.134. The Hall–Kier alpha value is -1.82. The zero-order valence-corrected chi connectivity index (χ0v) is 12.2. The molecule has 0 spiro atoms. The third-order valence-electron chi connectivity index (χ3n) is 1.90. The largest absolute Gasteiger partial charge is 0.466 e. The van der Waals surface area contributed by atoms with Gasteiger partial charge >= 0.3 is 12.1 Å². The van der Waals surface area contributed by atoms with E-state index in [0.29, 0.717) is 5.69 Å². The highest BCUT2D eigenvalue weighted by Gasteiger charge is 2.17. The van der Waals surface area contributed by atoms with Crippen LogP contribution in [0.3, 0.4) is 0 Å². The molecular weight excluding hydrogens is 266 g/mol. The Morgan fingerprint density at radius 2 is 2.05 bits per heavy atom. The van der Waals surface area contributed by atoms with Crippen molar-refractivity contribution in [1.29, 1.82) is 0 Å². The summed E-state index contributed by atoms with van der Waals surface area (Å²) in [5.41, 5.74) is 0.0432. The van der Waals surface area contributed by atoms with Gasteiger partial charge in [0.1, 0.15) is 5.60 Å². The van der Waals surface area contributed by atoms with Crippen molar-refractivity contribution in [2.75, 3.05) is 12.4 Å². The molecule has 0 saturated heterocycles. The standard InChI is InChI=1S/C13H17NO4S/c1-13(2,3)18-12(16)14-9-7-8-19-10(9)5-6-11(15)17-4/h5-8H,1-4H3,(H,14,16)/b6-5+. The van der Waals surface area contributed by atoms with Gasteiger partial charge in [0.2, 0.25) is 0 Å². The fourth-order valence-corrected chi connectivity index (χ4v) is 1.92. The van der Waals surface area contributed by atoms with Crippen LogP contribution in [0.15, 0.2) is 17.5 Å². The summed E-state index contributed by atoms with van der Waals surface area (Å²) < 4.78 is 9.65. The van der Waals surface area contributed by atoms with Crippen molar-refractivity contribution >= 4 is 35.2 Å². The average molecular weight is 283 g/mol. The summed E-state index contributed by atoms with van der Waals surface area (Å²) in [6.45, 7) is 5.37. The molecule has 0 saturated carbocycles. The molecule has 0 aliphatic heterocycles. The van der Waals surface area contributed by atoms with E-state index in [-0.39, 0.29) is 0 Å². The quantitative estimate of drug-likeness (QED) is 0.683. The first-order chi connectivity index (χ1) is 8.81. The summed E-state index contributed by atoms with van der Waals surface area (Å²) in [5.74, 6) is -0.448. The molecular formula is C13H17NO4S. The molecule has 0 aromatic carbocycles. The molecule has 1 amide bonds. The fourth-order valence-electron chi connectivity index (χ4n) is 1.18. The highest BCUT2D eigenvalue weighted by molar-refractivity contribution is 7.11. The molecule has 1 aromatic rings. The molecule has 0 radical (unpaired) electrons. The van der Waals surface area contributed by atoms with Gasteiger partial charge in [-0.15, -0.1) is 11.3 Å². The fraction of sp³-hybridized carbons (Fsp3) is 0.385. The van der Waals surface area contributed by atoms with Gasteiger partial charge in [0.05, 0.1) is 17.7 Å². The average Bonchev–Trinajstić information content (AvgIpc) is 2.70. The van der Waals surface area contributed by atoms with Crippen LogP contribution in [0.4, 0.5) is 10.5 Å². The number of carbonyl (C=O) groups excluding carboxylic acids is 2. The molecule has 0 atom stereocenters. The predicted molar refractivity (Wildman–Crippen MR) is 75.2 cm³/mol. The molecule has 19 heavy (non-hydrogen) atoms. The first-order valence-electron chi connectivity index (χ1n) is 5.65. The van der Waals surface area contributed by atoms with Gasteiger partial charge in [-0.25, -0.2) is 9.59 Å².